The highest BCUT2D eigenvalue weighted by molar-refractivity contribution is 5.97. The molecule has 0 aliphatic heterocycles. The number of halogens is 5. The zero-order valence-corrected chi connectivity index (χ0v) is 50.0. The SMILES string of the molecule is CC(=O)N[C@@H](CCCCN)C(=O)N[C@@H](C)C(=O)C[C@@H](C)C(=O)N[C@@H](CC(N)=O)C(=O)N[C@@H](CCN(C(=O)CO)[C@@H](c1cc(-c2cc(F)ccc2F)cn1Cc1ccccc1)C(C)(C)C)C(=O)NCCC(=O)NCCCC[C@H](N)C(=O)O.O=C(O)C(F)(F)F. The zero-order valence-electron chi connectivity index (χ0n) is 50.0. The Bertz CT molecular complexity index is 2870. The maximum absolute atomic E-state index is 15.4. The Morgan fingerprint density at radius 2 is 1.32 bits per heavy atom. The van der Waals surface area contributed by atoms with Gasteiger partial charge in [-0.05, 0) is 93.7 Å². The molecule has 0 aliphatic rings. The molecular formula is C58H82F5N11O14. The van der Waals surface area contributed by atoms with Crippen LogP contribution < -0.4 is 49.1 Å². The fourth-order valence-corrected chi connectivity index (χ4v) is 8.96. The lowest BCUT2D eigenvalue weighted by Gasteiger charge is -2.41. The normalized spacial score (nSPS) is 13.7. The van der Waals surface area contributed by atoms with Crippen molar-refractivity contribution in [3.8, 4) is 11.1 Å². The molecule has 0 bridgehead atoms. The topological polar surface area (TPSA) is 407 Å². The summed E-state index contributed by atoms with van der Waals surface area (Å²) in [4.78, 5) is 141. The lowest BCUT2D eigenvalue weighted by atomic mass is 9.82. The monoisotopic (exact) mass is 1250 g/mol. The largest absolute Gasteiger partial charge is 0.490 e. The van der Waals surface area contributed by atoms with Gasteiger partial charge in [-0.25, -0.2) is 13.6 Å². The van der Waals surface area contributed by atoms with Crippen LogP contribution in [0.3, 0.4) is 0 Å². The molecule has 0 spiro atoms. The summed E-state index contributed by atoms with van der Waals surface area (Å²) in [6, 6.07) is 6.34. The molecule has 3 rings (SSSR count). The molecular weight excluding hydrogens is 1170 g/mol. The summed E-state index contributed by atoms with van der Waals surface area (Å²) in [5, 5.41) is 42.0. The Morgan fingerprint density at radius 1 is 0.716 bits per heavy atom. The second kappa shape index (κ2) is 36.7. The van der Waals surface area contributed by atoms with Crippen LogP contribution in [-0.4, -0.2) is 159 Å². The average molecular weight is 1250 g/mol. The van der Waals surface area contributed by atoms with E-state index in [4.69, 9.17) is 32.2 Å². The predicted octanol–water partition coefficient (Wildman–Crippen LogP) is 2.20. The van der Waals surface area contributed by atoms with Crippen molar-refractivity contribution in [3.63, 3.8) is 0 Å². The molecule has 0 saturated carbocycles. The van der Waals surface area contributed by atoms with Crippen molar-refractivity contribution in [2.75, 3.05) is 32.8 Å². The molecule has 30 heteroatoms. The van der Waals surface area contributed by atoms with Gasteiger partial charge in [0.25, 0.3) is 0 Å². The molecule has 0 unspecified atom stereocenters. The number of primary amides is 1. The number of nitrogens with one attached hydrogen (secondary N) is 6. The smallest absolute Gasteiger partial charge is 0.480 e. The standard InChI is InChI=1S/C56H81F2N11O12.C2HF3O2/c1-33(26-46(72)34(2)64-53(78)42(65-35(3)71)17-10-12-22-59)51(76)67-44(29-47(61)73)54(79)66-43(52(77)63-24-20-48(74)62-23-13-11-16-41(60)55(80)81)21-25-69(49(75)32-70)50(56(4,5)6)45-27-37(39-28-38(57)18-19-40(39)58)31-68(45)30-36-14-8-7-9-15-36;3-2(4,5)1(6)7/h7-9,14-15,18-19,27-28,31,33-34,41-44,50,70H,10-13,16-17,20-26,29-30,32,59-60H2,1-6H3,(H2,61,73)(H,62,74)(H,63,77)(H,64,78)(H,65,71)(H,66,79)(H,67,76)(H,80,81);(H,6,7)/t33-,34+,41+,42+,43+,44+,50+;/m1./s1. The Hall–Kier alpha value is -8.38. The molecule has 88 heavy (non-hydrogen) atoms. The number of unbranched alkanes of at least 4 members (excludes halogenated alkanes) is 2. The van der Waals surface area contributed by atoms with Gasteiger partial charge in [0.05, 0.1) is 18.5 Å². The van der Waals surface area contributed by atoms with E-state index in [1.165, 1.54) is 25.7 Å². The summed E-state index contributed by atoms with van der Waals surface area (Å²) in [7, 11) is 0. The Kier molecular flexibility index (Phi) is 31.6. The molecule has 7 atom stereocenters. The lowest BCUT2D eigenvalue weighted by molar-refractivity contribution is -0.192. The van der Waals surface area contributed by atoms with E-state index in [1.54, 1.807) is 37.6 Å². The van der Waals surface area contributed by atoms with Crippen molar-refractivity contribution in [1.82, 2.24) is 41.4 Å². The molecule has 15 N–H and O–H groups in total. The van der Waals surface area contributed by atoms with Gasteiger partial charge in [0.15, 0.2) is 5.78 Å². The quantitative estimate of drug-likeness (QED) is 0.0297. The van der Waals surface area contributed by atoms with Crippen LogP contribution >= 0.6 is 0 Å². The van der Waals surface area contributed by atoms with E-state index in [0.29, 0.717) is 37.9 Å². The maximum atomic E-state index is 15.4. The number of aliphatic hydroxyl groups excluding tert-OH is 1. The van der Waals surface area contributed by atoms with Crippen molar-refractivity contribution in [3.05, 3.63) is 83.7 Å². The minimum absolute atomic E-state index is 0.0655. The minimum Gasteiger partial charge on any atom is -0.480 e. The molecule has 2 aromatic carbocycles. The highest BCUT2D eigenvalue weighted by atomic mass is 19.4. The van der Waals surface area contributed by atoms with Crippen LogP contribution in [0.4, 0.5) is 22.0 Å². The zero-order chi connectivity index (χ0) is 66.6. The van der Waals surface area contributed by atoms with Gasteiger partial charge in [-0.1, -0.05) is 58.0 Å². The number of carboxylic acids is 2. The van der Waals surface area contributed by atoms with Gasteiger partial charge in [-0.15, -0.1) is 0 Å². The summed E-state index contributed by atoms with van der Waals surface area (Å²) in [5.74, 6) is -13.4. The summed E-state index contributed by atoms with van der Waals surface area (Å²) < 4.78 is 63.6. The number of alkyl halides is 3. The van der Waals surface area contributed by atoms with Gasteiger partial charge < -0.3 is 73.9 Å². The second-order valence-electron chi connectivity index (χ2n) is 22.0. The molecule has 0 fully saturated rings. The van der Waals surface area contributed by atoms with Crippen LogP contribution in [0.5, 0.6) is 0 Å². The first kappa shape index (κ1) is 75.7. The number of nitrogens with zero attached hydrogens (tertiary/aromatic N) is 2. The van der Waals surface area contributed by atoms with E-state index >= 15 is 4.39 Å². The molecule has 1 aromatic heterocycles. The minimum atomic E-state index is -5.08. The van der Waals surface area contributed by atoms with Gasteiger partial charge in [0, 0.05) is 74.9 Å². The van der Waals surface area contributed by atoms with E-state index in [0.717, 1.165) is 23.8 Å². The Morgan fingerprint density at radius 3 is 1.89 bits per heavy atom. The van der Waals surface area contributed by atoms with E-state index in [1.807, 2.05) is 30.3 Å². The average Bonchev–Trinajstić information content (AvgIpc) is 2.43. The van der Waals surface area contributed by atoms with Crippen molar-refractivity contribution >= 4 is 65.0 Å². The number of aliphatic hydroxyl groups is 1. The number of amides is 8. The van der Waals surface area contributed by atoms with Crippen LogP contribution in [0, 0.1) is 23.0 Å². The number of aliphatic carboxylic acids is 2. The number of rotatable bonds is 35. The first-order chi connectivity index (χ1) is 41.1. The molecule has 0 saturated heterocycles. The highest BCUT2D eigenvalue weighted by Gasteiger charge is 2.40. The van der Waals surface area contributed by atoms with Crippen molar-refractivity contribution in [2.24, 2.45) is 28.5 Å². The number of ketones is 1. The van der Waals surface area contributed by atoms with Crippen LogP contribution in [0.15, 0.2) is 60.8 Å². The second-order valence-corrected chi connectivity index (χ2v) is 22.0. The Labute approximate surface area is 505 Å². The molecule has 488 valence electrons. The lowest BCUT2D eigenvalue weighted by Crippen LogP contribution is -2.56. The van der Waals surface area contributed by atoms with Crippen LogP contribution in [0.25, 0.3) is 11.1 Å². The van der Waals surface area contributed by atoms with Gasteiger partial charge in [-0.2, -0.15) is 13.2 Å². The third kappa shape index (κ3) is 26.7. The number of benzene rings is 2. The third-order valence-electron chi connectivity index (χ3n) is 13.5. The molecule has 25 nitrogen and oxygen atoms in total. The molecule has 0 aliphatic carbocycles. The summed E-state index contributed by atoms with van der Waals surface area (Å²) in [6.07, 6.45) is -2.98. The predicted molar refractivity (Wildman–Crippen MR) is 309 cm³/mol. The third-order valence-corrected chi connectivity index (χ3v) is 13.5. The van der Waals surface area contributed by atoms with Crippen molar-refractivity contribution in [1.29, 1.82) is 0 Å². The first-order valence-electron chi connectivity index (χ1n) is 28.2. The Balaban J connectivity index is 0.00000354. The number of carbonyl (C=O) groups is 11. The molecule has 0 radical (unpaired) electrons. The number of nitrogens with two attached hydrogens (primary N) is 3. The number of carboxylic acid groups (broad SMARTS) is 2. The van der Waals surface area contributed by atoms with E-state index in [9.17, 15) is 70.6 Å². The molecule has 1 heterocycles. The maximum Gasteiger partial charge on any atom is 0.490 e. The number of Topliss-reactive ketones (excluding diaryl/α,β-unsaturated/α-hetero) is 1. The fraction of sp³-hybridized carbons (Fsp3) is 0.534. The number of hydrogen-bond acceptors (Lipinski definition) is 14. The summed E-state index contributed by atoms with van der Waals surface area (Å²) in [6.45, 7) is 8.49. The summed E-state index contributed by atoms with van der Waals surface area (Å²) >= 11 is 0. The number of hydrogen-bond donors (Lipinski definition) is 12. The van der Waals surface area contributed by atoms with Crippen molar-refractivity contribution in [2.45, 2.75) is 155 Å². The van der Waals surface area contributed by atoms with E-state index < -0.39 is 156 Å². The van der Waals surface area contributed by atoms with Crippen LogP contribution in [0.1, 0.15) is 123 Å². The molecule has 3 aromatic rings. The fourth-order valence-electron chi connectivity index (χ4n) is 8.96. The van der Waals surface area contributed by atoms with Gasteiger partial charge in [0.2, 0.25) is 47.3 Å². The van der Waals surface area contributed by atoms with E-state index in [2.05, 4.69) is 31.9 Å². The van der Waals surface area contributed by atoms with Crippen molar-refractivity contribution < 1.29 is 90.0 Å². The number of carbonyl (C=O) groups excluding carboxylic acids is 9. The van der Waals surface area contributed by atoms with Gasteiger partial charge in [-0.3, -0.25) is 47.9 Å². The highest BCUT2D eigenvalue weighted by Crippen LogP contribution is 2.41. The van der Waals surface area contributed by atoms with Gasteiger partial charge >= 0.3 is 18.1 Å². The van der Waals surface area contributed by atoms with Gasteiger partial charge in [0.1, 0.15) is 42.4 Å². The first-order valence-corrected chi connectivity index (χ1v) is 28.2. The summed E-state index contributed by atoms with van der Waals surface area (Å²) in [5.41, 5.74) is 17.2. The number of aromatic nitrogens is 1. The van der Waals surface area contributed by atoms with Crippen LogP contribution in [0.2, 0.25) is 0 Å². The van der Waals surface area contributed by atoms with E-state index in [-0.39, 0.29) is 56.6 Å². The van der Waals surface area contributed by atoms with Crippen LogP contribution in [-0.2, 0) is 59.3 Å². The molecule has 8 amide bonds.